The summed E-state index contributed by atoms with van der Waals surface area (Å²) in [5.41, 5.74) is 9.37. The molecule has 4 rings (SSSR count). The molecule has 0 unspecified atom stereocenters. The van der Waals surface area contributed by atoms with Crippen molar-refractivity contribution in [3.8, 4) is 5.75 Å². The Morgan fingerprint density at radius 2 is 1.23 bits per heavy atom. The van der Waals surface area contributed by atoms with Crippen molar-refractivity contribution in [2.45, 2.75) is 52.9 Å². The van der Waals surface area contributed by atoms with Gasteiger partial charge in [0.2, 0.25) is 20.0 Å². The Morgan fingerprint density at radius 1 is 0.558 bits per heavy atom. The fraction of sp³-hybridized carbons (Fsp3) is 0.400. The zero-order valence-electron chi connectivity index (χ0n) is 30.9. The van der Waals surface area contributed by atoms with Crippen molar-refractivity contribution in [1.29, 1.82) is 0 Å². The van der Waals surface area contributed by atoms with Crippen LogP contribution in [0.25, 0.3) is 0 Å². The molecule has 52 heavy (non-hydrogen) atoms. The molecule has 0 amide bonds. The largest absolute Gasteiger partial charge is 0.492 e. The van der Waals surface area contributed by atoms with Crippen LogP contribution in [0, 0.1) is 20.8 Å². The third-order valence-corrected chi connectivity index (χ3v) is 10.7. The number of ether oxygens (including phenoxy) is 1. The number of rotatable bonds is 23. The molecule has 0 aliphatic carbocycles. The molecular formula is C40H55N5O5S2. The molecule has 5 N–H and O–H groups in total. The van der Waals surface area contributed by atoms with E-state index in [0.29, 0.717) is 43.2 Å². The molecule has 0 atom stereocenters. The van der Waals surface area contributed by atoms with E-state index in [1.165, 1.54) is 22.3 Å². The first kappa shape index (κ1) is 40.7. The van der Waals surface area contributed by atoms with Crippen LogP contribution in [-0.4, -0.2) is 68.2 Å². The van der Waals surface area contributed by atoms with Crippen LogP contribution in [0.15, 0.2) is 84.9 Å². The summed E-state index contributed by atoms with van der Waals surface area (Å²) in [6.45, 7) is 10.9. The molecular weight excluding hydrogens is 695 g/mol. The molecule has 282 valence electrons. The van der Waals surface area contributed by atoms with Gasteiger partial charge in [-0.15, -0.1) is 0 Å². The highest BCUT2D eigenvalue weighted by molar-refractivity contribution is 7.92. The van der Waals surface area contributed by atoms with Gasteiger partial charge >= 0.3 is 0 Å². The fourth-order valence-electron chi connectivity index (χ4n) is 5.69. The second-order valence-electron chi connectivity index (χ2n) is 13.3. The predicted octanol–water partition coefficient (Wildman–Crippen LogP) is 6.20. The Labute approximate surface area is 311 Å². The van der Waals surface area contributed by atoms with Gasteiger partial charge in [-0.3, -0.25) is 9.44 Å². The van der Waals surface area contributed by atoms with Crippen LogP contribution in [0.1, 0.15) is 46.2 Å². The lowest BCUT2D eigenvalue weighted by atomic mass is 10.0. The quantitative estimate of drug-likeness (QED) is 0.0566. The number of hydrogen-bond acceptors (Lipinski definition) is 8. The minimum absolute atomic E-state index is 0.00651. The van der Waals surface area contributed by atoms with Gasteiger partial charge in [0.15, 0.2) is 0 Å². The number of anilines is 3. The molecule has 12 heteroatoms. The summed E-state index contributed by atoms with van der Waals surface area (Å²) in [5.74, 6) is 0.671. The predicted molar refractivity (Wildman–Crippen MR) is 216 cm³/mol. The lowest BCUT2D eigenvalue weighted by Gasteiger charge is -2.13. The molecule has 0 fully saturated rings. The van der Waals surface area contributed by atoms with E-state index in [2.05, 4.69) is 57.4 Å². The van der Waals surface area contributed by atoms with Crippen LogP contribution in [0.2, 0.25) is 0 Å². The first-order valence-corrected chi connectivity index (χ1v) is 21.5. The molecule has 0 aliphatic rings. The van der Waals surface area contributed by atoms with Crippen molar-refractivity contribution in [1.82, 2.24) is 10.6 Å². The summed E-state index contributed by atoms with van der Waals surface area (Å²) in [7, 11) is -6.80. The number of hydrogen-bond donors (Lipinski definition) is 5. The Morgan fingerprint density at radius 3 is 1.94 bits per heavy atom. The maximum absolute atomic E-state index is 12.9. The first-order valence-electron chi connectivity index (χ1n) is 18.0. The molecule has 0 saturated carbocycles. The standard InChI is InChI=1S/C40H55N5O5S2/c1-31-8-9-35(29-32(31)2)20-23-41-22-6-5-7-34-10-13-38(14-11-34)45-52(48,49)28-21-36-12-15-39(30-33(36)3)43-25-24-42-26-27-50-40-18-16-37(17-19-40)44-51(4,46)47/h8-19,29-30,41-45H,5-7,20-28H2,1-4H3. The van der Waals surface area contributed by atoms with Crippen molar-refractivity contribution < 1.29 is 21.6 Å². The zero-order chi connectivity index (χ0) is 37.4. The van der Waals surface area contributed by atoms with Crippen molar-refractivity contribution in [2.24, 2.45) is 0 Å². The Kier molecular flexibility index (Phi) is 15.8. The average molecular weight is 750 g/mol. The summed E-state index contributed by atoms with van der Waals surface area (Å²) < 4.78 is 59.2. The Balaban J connectivity index is 1.06. The topological polar surface area (TPSA) is 138 Å². The van der Waals surface area contributed by atoms with Crippen LogP contribution in [0.3, 0.4) is 0 Å². The van der Waals surface area contributed by atoms with E-state index in [1.807, 2.05) is 49.4 Å². The smallest absolute Gasteiger partial charge is 0.233 e. The van der Waals surface area contributed by atoms with Crippen molar-refractivity contribution >= 4 is 37.1 Å². The summed E-state index contributed by atoms with van der Waals surface area (Å²) in [4.78, 5) is 0. The number of aryl methyl sites for hydroxylation is 5. The molecule has 0 aromatic heterocycles. The summed E-state index contributed by atoms with van der Waals surface area (Å²) in [6, 6.07) is 27.2. The van der Waals surface area contributed by atoms with Crippen LogP contribution in [0.5, 0.6) is 5.75 Å². The summed E-state index contributed by atoms with van der Waals surface area (Å²) in [6.07, 6.45) is 5.72. The monoisotopic (exact) mass is 749 g/mol. The number of sulfonamides is 2. The van der Waals surface area contributed by atoms with E-state index >= 15 is 0 Å². The SMILES string of the molecule is Cc1ccc(CCNCCCCc2ccc(NS(=O)(=O)CCc3ccc(NCCNCCOc4ccc(NS(C)(=O)=O)cc4)cc3C)cc2)cc1C. The van der Waals surface area contributed by atoms with Crippen LogP contribution in [0.4, 0.5) is 17.1 Å². The molecule has 0 spiro atoms. The van der Waals surface area contributed by atoms with E-state index in [0.717, 1.165) is 68.4 Å². The highest BCUT2D eigenvalue weighted by atomic mass is 32.2. The molecule has 0 saturated heterocycles. The second-order valence-corrected chi connectivity index (χ2v) is 16.9. The van der Waals surface area contributed by atoms with Gasteiger partial charge in [-0.2, -0.15) is 0 Å². The summed E-state index contributed by atoms with van der Waals surface area (Å²) >= 11 is 0. The Hall–Kier alpha value is -4.10. The molecule has 0 bridgehead atoms. The van der Waals surface area contributed by atoms with Gasteiger partial charge in [-0.05, 0) is 148 Å². The van der Waals surface area contributed by atoms with Crippen molar-refractivity contribution in [3.05, 3.63) is 118 Å². The number of benzene rings is 4. The lowest BCUT2D eigenvalue weighted by molar-refractivity contribution is 0.315. The molecule has 0 radical (unpaired) electrons. The molecule has 10 nitrogen and oxygen atoms in total. The van der Waals surface area contributed by atoms with Crippen LogP contribution in [-0.2, 0) is 39.3 Å². The van der Waals surface area contributed by atoms with E-state index in [4.69, 9.17) is 4.74 Å². The van der Waals surface area contributed by atoms with Gasteiger partial charge in [0.1, 0.15) is 12.4 Å². The van der Waals surface area contributed by atoms with Crippen molar-refractivity contribution in [2.75, 3.05) is 66.1 Å². The van der Waals surface area contributed by atoms with Crippen LogP contribution >= 0.6 is 0 Å². The third kappa shape index (κ3) is 15.2. The van der Waals surface area contributed by atoms with E-state index in [9.17, 15) is 16.8 Å². The van der Waals surface area contributed by atoms with E-state index in [1.54, 1.807) is 24.3 Å². The maximum atomic E-state index is 12.9. The summed E-state index contributed by atoms with van der Waals surface area (Å²) in [5, 5.41) is 10.3. The average Bonchev–Trinajstić information content (AvgIpc) is 3.09. The van der Waals surface area contributed by atoms with E-state index in [-0.39, 0.29) is 5.75 Å². The minimum atomic E-state index is -3.50. The number of nitrogens with one attached hydrogen (secondary N) is 5. The third-order valence-electron chi connectivity index (χ3n) is 8.78. The van der Waals surface area contributed by atoms with Gasteiger partial charge in [-0.1, -0.05) is 36.4 Å². The van der Waals surface area contributed by atoms with Gasteiger partial charge in [0.05, 0.1) is 12.0 Å². The van der Waals surface area contributed by atoms with Crippen molar-refractivity contribution in [3.63, 3.8) is 0 Å². The van der Waals surface area contributed by atoms with Gasteiger partial charge < -0.3 is 20.7 Å². The molecule has 0 heterocycles. The zero-order valence-corrected chi connectivity index (χ0v) is 32.6. The highest BCUT2D eigenvalue weighted by Gasteiger charge is 2.12. The molecule has 4 aromatic carbocycles. The number of unbranched alkanes of at least 4 members (excludes halogenated alkanes) is 1. The second kappa shape index (κ2) is 20.2. The molecule has 0 aliphatic heterocycles. The fourth-order valence-corrected chi connectivity index (χ4v) is 7.34. The molecule has 4 aromatic rings. The minimum Gasteiger partial charge on any atom is -0.492 e. The maximum Gasteiger partial charge on any atom is 0.233 e. The van der Waals surface area contributed by atoms with Gasteiger partial charge in [0, 0.05) is 36.7 Å². The normalized spacial score (nSPS) is 11.7. The Bertz CT molecular complexity index is 1920. The highest BCUT2D eigenvalue weighted by Crippen LogP contribution is 2.19. The van der Waals surface area contributed by atoms with Gasteiger partial charge in [0.25, 0.3) is 0 Å². The lowest BCUT2D eigenvalue weighted by Crippen LogP contribution is -2.26. The first-order chi connectivity index (χ1) is 24.8. The van der Waals surface area contributed by atoms with E-state index < -0.39 is 20.0 Å². The van der Waals surface area contributed by atoms with Gasteiger partial charge in [-0.25, -0.2) is 16.8 Å². The van der Waals surface area contributed by atoms with Crippen LogP contribution < -0.4 is 30.1 Å².